The Bertz CT molecular complexity index is 802. The number of nitrogens with one attached hydrogen (secondary N) is 2. The van der Waals surface area contributed by atoms with E-state index in [2.05, 4.69) is 10.0 Å². The number of ether oxygens (including phenoxy) is 1. The molecule has 3 N–H and O–H groups in total. The van der Waals surface area contributed by atoms with Gasteiger partial charge in [0.25, 0.3) is 0 Å². The maximum Gasteiger partial charge on any atom is 0.322 e. The summed E-state index contributed by atoms with van der Waals surface area (Å²) in [6.07, 6.45) is 7.01. The lowest BCUT2D eigenvalue weighted by atomic mass is 9.93. The SMILES string of the molecule is CCCCS(=O)(=O)NC(Cc1ccc(OCCCCC2CCNCC2)cc1Cl)C(=O)O.Cl. The second-order valence-corrected chi connectivity index (χ2v) is 10.5. The molecule has 0 bridgehead atoms. The Hall–Kier alpha value is -1.06. The number of rotatable bonds is 14. The molecule has 2 rings (SSSR count). The molecule has 0 radical (unpaired) electrons. The molecule has 1 aromatic rings. The maximum atomic E-state index is 12.1. The standard InChI is InChI=1S/C22H35ClN2O5S.ClH/c1-2-3-14-31(28,29)25-21(22(26)27)15-18-7-8-19(16-20(18)23)30-13-5-4-6-17-9-11-24-12-10-17;/h7-8,16-17,21,24-25H,2-6,9-15H2,1H3,(H,26,27);1H. The second kappa shape index (κ2) is 15.0. The summed E-state index contributed by atoms with van der Waals surface area (Å²) in [5.41, 5.74) is 0.561. The number of hydrogen-bond donors (Lipinski definition) is 3. The lowest BCUT2D eigenvalue weighted by Crippen LogP contribution is -2.43. The van der Waals surface area contributed by atoms with Gasteiger partial charge in [-0.2, -0.15) is 0 Å². The highest BCUT2D eigenvalue weighted by Gasteiger charge is 2.25. The fourth-order valence-corrected chi connectivity index (χ4v) is 5.34. The second-order valence-electron chi connectivity index (χ2n) is 8.18. The number of unbranched alkanes of at least 4 members (excludes halogenated alkanes) is 2. The quantitative estimate of drug-likeness (QED) is 0.326. The van der Waals surface area contributed by atoms with Crippen LogP contribution in [0.4, 0.5) is 0 Å². The number of aliphatic carboxylic acids is 1. The number of sulfonamides is 1. The van der Waals surface area contributed by atoms with Crippen molar-refractivity contribution in [1.29, 1.82) is 0 Å². The molecule has 1 heterocycles. The van der Waals surface area contributed by atoms with E-state index in [4.69, 9.17) is 16.3 Å². The van der Waals surface area contributed by atoms with E-state index < -0.39 is 22.0 Å². The molecule has 1 aromatic carbocycles. The molecule has 7 nitrogen and oxygen atoms in total. The molecule has 0 spiro atoms. The van der Waals surface area contributed by atoms with Gasteiger partial charge in [0.2, 0.25) is 10.0 Å². The number of benzene rings is 1. The van der Waals surface area contributed by atoms with E-state index >= 15 is 0 Å². The van der Waals surface area contributed by atoms with Gasteiger partial charge in [0.15, 0.2) is 0 Å². The van der Waals surface area contributed by atoms with Crippen molar-refractivity contribution in [1.82, 2.24) is 10.0 Å². The van der Waals surface area contributed by atoms with Crippen LogP contribution >= 0.6 is 24.0 Å². The minimum atomic E-state index is -3.66. The molecule has 10 heteroatoms. The van der Waals surface area contributed by atoms with Gasteiger partial charge >= 0.3 is 5.97 Å². The van der Waals surface area contributed by atoms with Crippen LogP contribution in [0.5, 0.6) is 5.75 Å². The van der Waals surface area contributed by atoms with Gasteiger partial charge in [0, 0.05) is 11.4 Å². The summed E-state index contributed by atoms with van der Waals surface area (Å²) in [6, 6.07) is 3.84. The van der Waals surface area contributed by atoms with Gasteiger partial charge in [-0.3, -0.25) is 4.79 Å². The molecule has 1 aliphatic heterocycles. The smallest absolute Gasteiger partial charge is 0.322 e. The van der Waals surface area contributed by atoms with Crippen molar-refractivity contribution in [2.24, 2.45) is 5.92 Å². The number of halogens is 2. The van der Waals surface area contributed by atoms with Gasteiger partial charge in [0.1, 0.15) is 11.8 Å². The van der Waals surface area contributed by atoms with Crippen LogP contribution in [0.25, 0.3) is 0 Å². The first-order valence-corrected chi connectivity index (χ1v) is 13.2. The monoisotopic (exact) mass is 510 g/mol. The molecule has 1 fully saturated rings. The lowest BCUT2D eigenvalue weighted by Gasteiger charge is -2.22. The molecule has 1 unspecified atom stereocenters. The Labute approximate surface area is 203 Å². The summed E-state index contributed by atoms with van der Waals surface area (Å²) >= 11 is 6.32. The first-order valence-electron chi connectivity index (χ1n) is 11.2. The zero-order valence-electron chi connectivity index (χ0n) is 18.6. The first kappa shape index (κ1) is 29.0. The van der Waals surface area contributed by atoms with E-state index in [0.29, 0.717) is 35.8 Å². The lowest BCUT2D eigenvalue weighted by molar-refractivity contribution is -0.138. The Balaban J connectivity index is 0.00000512. The zero-order chi connectivity index (χ0) is 22.7. The van der Waals surface area contributed by atoms with Crippen LogP contribution in [0.15, 0.2) is 18.2 Å². The fraction of sp³-hybridized carbons (Fsp3) is 0.682. The Morgan fingerprint density at radius 3 is 2.62 bits per heavy atom. The number of piperidine rings is 1. The van der Waals surface area contributed by atoms with Gasteiger partial charge in [-0.05, 0) is 68.8 Å². The van der Waals surface area contributed by atoms with Crippen molar-refractivity contribution < 1.29 is 23.1 Å². The Kier molecular flexibility index (Phi) is 13.5. The molecule has 184 valence electrons. The minimum absolute atomic E-state index is 0. The van der Waals surface area contributed by atoms with E-state index in [9.17, 15) is 18.3 Å². The highest BCUT2D eigenvalue weighted by atomic mass is 35.5. The van der Waals surface area contributed by atoms with Gasteiger partial charge in [-0.15, -0.1) is 12.4 Å². The third-order valence-corrected chi connectivity index (χ3v) is 7.39. The fourth-order valence-electron chi connectivity index (χ4n) is 3.69. The van der Waals surface area contributed by atoms with Crippen molar-refractivity contribution in [3.63, 3.8) is 0 Å². The van der Waals surface area contributed by atoms with Crippen molar-refractivity contribution in [2.75, 3.05) is 25.4 Å². The van der Waals surface area contributed by atoms with Gasteiger partial charge in [0.05, 0.1) is 12.4 Å². The van der Waals surface area contributed by atoms with Crippen molar-refractivity contribution in [3.05, 3.63) is 28.8 Å². The van der Waals surface area contributed by atoms with Crippen LogP contribution in [-0.4, -0.2) is 51.0 Å². The van der Waals surface area contributed by atoms with Crippen molar-refractivity contribution >= 4 is 40.0 Å². The summed E-state index contributed by atoms with van der Waals surface area (Å²) in [5, 5.41) is 13.2. The van der Waals surface area contributed by atoms with Crippen molar-refractivity contribution in [3.8, 4) is 5.75 Å². The summed E-state index contributed by atoms with van der Waals surface area (Å²) < 4.78 is 32.2. The average molecular weight is 512 g/mol. The average Bonchev–Trinajstić information content (AvgIpc) is 2.74. The van der Waals surface area contributed by atoms with E-state index in [1.807, 2.05) is 6.92 Å². The number of carboxylic acid groups (broad SMARTS) is 1. The molecule has 0 amide bonds. The third kappa shape index (κ3) is 10.7. The molecule has 1 aliphatic rings. The van der Waals surface area contributed by atoms with E-state index in [1.54, 1.807) is 18.2 Å². The first-order chi connectivity index (χ1) is 14.8. The van der Waals surface area contributed by atoms with Crippen LogP contribution in [0.2, 0.25) is 5.02 Å². The molecule has 0 aromatic heterocycles. The molecule has 1 saturated heterocycles. The normalized spacial score (nSPS) is 15.7. The predicted octanol–water partition coefficient (Wildman–Crippen LogP) is 4.03. The highest BCUT2D eigenvalue weighted by molar-refractivity contribution is 7.89. The van der Waals surface area contributed by atoms with Crippen LogP contribution in [0, 0.1) is 5.92 Å². The Morgan fingerprint density at radius 2 is 2.00 bits per heavy atom. The summed E-state index contributed by atoms with van der Waals surface area (Å²) in [5.74, 6) is 0.124. The number of carbonyl (C=O) groups is 1. The minimum Gasteiger partial charge on any atom is -0.494 e. The highest BCUT2D eigenvalue weighted by Crippen LogP contribution is 2.25. The third-order valence-electron chi connectivity index (χ3n) is 5.57. The van der Waals surface area contributed by atoms with Crippen LogP contribution < -0.4 is 14.8 Å². The summed E-state index contributed by atoms with van der Waals surface area (Å²) in [4.78, 5) is 11.6. The predicted molar refractivity (Wildman–Crippen MR) is 131 cm³/mol. The van der Waals surface area contributed by atoms with Crippen LogP contribution in [-0.2, 0) is 21.2 Å². The Morgan fingerprint density at radius 1 is 1.28 bits per heavy atom. The van der Waals surface area contributed by atoms with Crippen LogP contribution in [0.3, 0.4) is 0 Å². The molecular weight excluding hydrogens is 475 g/mol. The van der Waals surface area contributed by atoms with Gasteiger partial charge in [-0.25, -0.2) is 13.1 Å². The number of carboxylic acids is 1. The molecule has 0 saturated carbocycles. The molecule has 0 aliphatic carbocycles. The molecular formula is C22H36Cl2N2O5S. The van der Waals surface area contributed by atoms with Gasteiger partial charge < -0.3 is 15.2 Å². The summed E-state index contributed by atoms with van der Waals surface area (Å²) in [7, 11) is -3.66. The maximum absolute atomic E-state index is 12.1. The van der Waals surface area contributed by atoms with E-state index in [-0.39, 0.29) is 24.6 Å². The van der Waals surface area contributed by atoms with Crippen LogP contribution in [0.1, 0.15) is 57.4 Å². The zero-order valence-corrected chi connectivity index (χ0v) is 21.0. The van der Waals surface area contributed by atoms with Crippen molar-refractivity contribution in [2.45, 2.75) is 64.3 Å². The molecule has 1 atom stereocenters. The molecule has 32 heavy (non-hydrogen) atoms. The van der Waals surface area contributed by atoms with Gasteiger partial charge in [-0.1, -0.05) is 37.4 Å². The van der Waals surface area contributed by atoms with E-state index in [0.717, 1.165) is 31.8 Å². The van der Waals surface area contributed by atoms with E-state index in [1.165, 1.54) is 19.3 Å². The largest absolute Gasteiger partial charge is 0.494 e. The summed E-state index contributed by atoms with van der Waals surface area (Å²) in [6.45, 7) is 4.72. The topological polar surface area (TPSA) is 105 Å². The number of hydrogen-bond acceptors (Lipinski definition) is 5.